The summed E-state index contributed by atoms with van der Waals surface area (Å²) in [6, 6.07) is 1.16. The van der Waals surface area contributed by atoms with Crippen LogP contribution in [-0.4, -0.2) is 55.9 Å². The monoisotopic (exact) mass is 326 g/mol. The number of likely N-dealkylation sites (tertiary alicyclic amines) is 1. The second kappa shape index (κ2) is 6.04. The molecule has 1 N–H and O–H groups in total. The van der Waals surface area contributed by atoms with Gasteiger partial charge in [0.15, 0.2) is 9.84 Å². The van der Waals surface area contributed by atoms with Crippen LogP contribution in [0.3, 0.4) is 0 Å². The van der Waals surface area contributed by atoms with E-state index in [2.05, 4.69) is 10.2 Å². The summed E-state index contributed by atoms with van der Waals surface area (Å²) < 4.78 is 29.2. The molecule has 2 atom stereocenters. The highest BCUT2D eigenvalue weighted by atomic mass is 32.2. The molecule has 0 unspecified atom stereocenters. The van der Waals surface area contributed by atoms with E-state index >= 15 is 0 Å². The molecule has 6 nitrogen and oxygen atoms in total. The third-order valence-electron chi connectivity index (χ3n) is 4.60. The average Bonchev–Trinajstić information content (AvgIpc) is 3.03. The van der Waals surface area contributed by atoms with Crippen molar-refractivity contribution >= 4 is 15.7 Å². The molecule has 0 radical (unpaired) electrons. The summed E-state index contributed by atoms with van der Waals surface area (Å²) in [6.07, 6.45) is 4.86. The van der Waals surface area contributed by atoms with Crippen molar-refractivity contribution < 1.29 is 17.6 Å². The van der Waals surface area contributed by atoms with Crippen LogP contribution >= 0.6 is 0 Å². The van der Waals surface area contributed by atoms with Gasteiger partial charge in [-0.25, -0.2) is 8.42 Å². The third-order valence-corrected chi connectivity index (χ3v) is 6.32. The van der Waals surface area contributed by atoms with Gasteiger partial charge in [-0.05, 0) is 38.9 Å². The Balaban J connectivity index is 1.75. The second-order valence-corrected chi connectivity index (χ2v) is 8.37. The zero-order chi connectivity index (χ0) is 15.7. The average molecular weight is 326 g/mol. The molecule has 122 valence electrons. The Morgan fingerprint density at radius 1 is 1.27 bits per heavy atom. The Morgan fingerprint density at radius 3 is 2.64 bits per heavy atom. The summed E-state index contributed by atoms with van der Waals surface area (Å²) >= 11 is 0. The molecule has 2 aliphatic rings. The van der Waals surface area contributed by atoms with E-state index in [9.17, 15) is 13.2 Å². The van der Waals surface area contributed by atoms with Crippen molar-refractivity contribution in [1.82, 2.24) is 10.2 Å². The molecule has 7 heteroatoms. The van der Waals surface area contributed by atoms with Gasteiger partial charge in [-0.2, -0.15) is 0 Å². The van der Waals surface area contributed by atoms with Gasteiger partial charge in [0.1, 0.15) is 5.76 Å². The number of hydrogen-bond donors (Lipinski definition) is 1. The summed E-state index contributed by atoms with van der Waals surface area (Å²) in [4.78, 5) is 14.6. The van der Waals surface area contributed by atoms with E-state index in [4.69, 9.17) is 4.42 Å². The van der Waals surface area contributed by atoms with Crippen molar-refractivity contribution in [3.05, 3.63) is 23.7 Å². The van der Waals surface area contributed by atoms with E-state index in [1.807, 2.05) is 0 Å². The lowest BCUT2D eigenvalue weighted by Gasteiger charge is -2.34. The third kappa shape index (κ3) is 3.20. The molecule has 22 heavy (non-hydrogen) atoms. The molecular formula is C15H22N2O4S. The van der Waals surface area contributed by atoms with Crippen LogP contribution in [0.4, 0.5) is 0 Å². The smallest absolute Gasteiger partial charge is 0.255 e. The zero-order valence-corrected chi connectivity index (χ0v) is 13.6. The van der Waals surface area contributed by atoms with E-state index < -0.39 is 9.84 Å². The van der Waals surface area contributed by atoms with Crippen molar-refractivity contribution in [2.45, 2.75) is 38.3 Å². The maximum Gasteiger partial charge on any atom is 0.255 e. The topological polar surface area (TPSA) is 79.6 Å². The maximum absolute atomic E-state index is 12.3. The number of hydrogen-bond acceptors (Lipinski definition) is 5. The first-order valence-electron chi connectivity index (χ1n) is 7.76. The van der Waals surface area contributed by atoms with Crippen LogP contribution in [0.5, 0.6) is 0 Å². The zero-order valence-electron chi connectivity index (χ0n) is 12.7. The van der Waals surface area contributed by atoms with Gasteiger partial charge in [-0.1, -0.05) is 6.42 Å². The molecule has 3 heterocycles. The molecule has 2 fully saturated rings. The van der Waals surface area contributed by atoms with Gasteiger partial charge in [-0.3, -0.25) is 9.69 Å². The number of furan rings is 1. The molecule has 0 aromatic carbocycles. The van der Waals surface area contributed by atoms with Crippen LogP contribution in [0.2, 0.25) is 0 Å². The molecule has 0 aliphatic carbocycles. The van der Waals surface area contributed by atoms with Crippen LogP contribution in [0, 0.1) is 6.92 Å². The lowest BCUT2D eigenvalue weighted by Crippen LogP contribution is -2.52. The molecule has 1 amide bonds. The first-order chi connectivity index (χ1) is 10.5. The first-order valence-corrected chi connectivity index (χ1v) is 9.58. The van der Waals surface area contributed by atoms with Crippen LogP contribution in [0.25, 0.3) is 0 Å². The van der Waals surface area contributed by atoms with Crippen molar-refractivity contribution in [3.63, 3.8) is 0 Å². The standard InChI is InChI=1S/C15H22N2O4S/c1-11-12(5-8-21-11)15(18)16-13-9-22(19,20)10-14(13)17-6-3-2-4-7-17/h5,8,13-14H,2-4,6-7,9-10H2,1H3,(H,16,18)/t13-,14+/m0/s1. The highest BCUT2D eigenvalue weighted by Crippen LogP contribution is 2.23. The predicted octanol–water partition coefficient (Wildman–Crippen LogP) is 0.969. The van der Waals surface area contributed by atoms with Gasteiger partial charge in [-0.15, -0.1) is 0 Å². The molecule has 0 saturated carbocycles. The van der Waals surface area contributed by atoms with Crippen LogP contribution in [-0.2, 0) is 9.84 Å². The van der Waals surface area contributed by atoms with Gasteiger partial charge in [0.25, 0.3) is 5.91 Å². The van der Waals surface area contributed by atoms with Gasteiger partial charge in [0, 0.05) is 6.04 Å². The Labute approximate surface area is 130 Å². The van der Waals surface area contributed by atoms with Crippen molar-refractivity contribution in [3.8, 4) is 0 Å². The Bertz CT molecular complexity index is 646. The lowest BCUT2D eigenvalue weighted by atomic mass is 10.0. The van der Waals surface area contributed by atoms with E-state index in [0.29, 0.717) is 11.3 Å². The fourth-order valence-corrected chi connectivity index (χ4v) is 5.40. The minimum absolute atomic E-state index is 0.0246. The number of aryl methyl sites for hydroxylation is 1. The fourth-order valence-electron chi connectivity index (χ4n) is 3.44. The quantitative estimate of drug-likeness (QED) is 0.895. The summed E-state index contributed by atoms with van der Waals surface area (Å²) in [7, 11) is -3.10. The minimum atomic E-state index is -3.10. The first kappa shape index (κ1) is 15.6. The number of carbonyl (C=O) groups excluding carboxylic acids is 1. The molecule has 2 saturated heterocycles. The van der Waals surface area contributed by atoms with Crippen LogP contribution in [0.1, 0.15) is 35.4 Å². The second-order valence-electron chi connectivity index (χ2n) is 6.21. The molecule has 0 bridgehead atoms. The number of nitrogens with zero attached hydrogens (tertiary/aromatic N) is 1. The number of sulfone groups is 1. The molecule has 0 spiro atoms. The largest absolute Gasteiger partial charge is 0.469 e. The highest BCUT2D eigenvalue weighted by molar-refractivity contribution is 7.91. The maximum atomic E-state index is 12.3. The number of nitrogens with one attached hydrogen (secondary N) is 1. The molecule has 1 aromatic heterocycles. The SMILES string of the molecule is Cc1occc1C(=O)N[C@H]1CS(=O)(=O)C[C@H]1N1CCCCC1. The Kier molecular flexibility index (Phi) is 4.27. The number of amides is 1. The van der Waals surface area contributed by atoms with E-state index in [1.165, 1.54) is 12.7 Å². The highest BCUT2D eigenvalue weighted by Gasteiger charge is 2.42. The summed E-state index contributed by atoms with van der Waals surface area (Å²) in [5.41, 5.74) is 0.474. The van der Waals surface area contributed by atoms with Gasteiger partial charge in [0.05, 0.1) is 29.4 Å². The Hall–Kier alpha value is -1.34. The number of carbonyl (C=O) groups is 1. The normalized spacial score (nSPS) is 28.6. The van der Waals surface area contributed by atoms with E-state index in [0.717, 1.165) is 25.9 Å². The summed E-state index contributed by atoms with van der Waals surface area (Å²) in [5, 5.41) is 2.91. The molecular weight excluding hydrogens is 304 g/mol. The number of piperidine rings is 1. The predicted molar refractivity (Wildman–Crippen MR) is 82.6 cm³/mol. The minimum Gasteiger partial charge on any atom is -0.469 e. The van der Waals surface area contributed by atoms with Crippen LogP contribution in [0.15, 0.2) is 16.7 Å². The van der Waals surface area contributed by atoms with Gasteiger partial charge < -0.3 is 9.73 Å². The summed E-state index contributed by atoms with van der Waals surface area (Å²) in [6.45, 7) is 3.55. The molecule has 2 aliphatic heterocycles. The van der Waals surface area contributed by atoms with E-state index in [1.54, 1.807) is 13.0 Å². The summed E-state index contributed by atoms with van der Waals surface area (Å²) in [5.74, 6) is 0.460. The van der Waals surface area contributed by atoms with Crippen LogP contribution < -0.4 is 5.32 Å². The fraction of sp³-hybridized carbons (Fsp3) is 0.667. The molecule has 3 rings (SSSR count). The van der Waals surface area contributed by atoms with Crippen molar-refractivity contribution in [2.75, 3.05) is 24.6 Å². The number of rotatable bonds is 3. The lowest BCUT2D eigenvalue weighted by molar-refractivity contribution is 0.0898. The molecule has 1 aromatic rings. The van der Waals surface area contributed by atoms with Crippen molar-refractivity contribution in [1.29, 1.82) is 0 Å². The van der Waals surface area contributed by atoms with Gasteiger partial charge in [0.2, 0.25) is 0 Å². The Morgan fingerprint density at radius 2 is 2.00 bits per heavy atom. The van der Waals surface area contributed by atoms with Crippen molar-refractivity contribution in [2.24, 2.45) is 0 Å². The van der Waals surface area contributed by atoms with Gasteiger partial charge >= 0.3 is 0 Å². The van der Waals surface area contributed by atoms with E-state index in [-0.39, 0.29) is 29.5 Å².